The molecule has 0 fully saturated rings. The van der Waals surface area contributed by atoms with Gasteiger partial charge >= 0.3 is 6.09 Å². The monoisotopic (exact) mass is 409 g/mol. The Labute approximate surface area is 176 Å². The average Bonchev–Trinajstić information content (AvgIpc) is 2.70. The summed E-state index contributed by atoms with van der Waals surface area (Å²) in [6.45, 7) is 5.38. The number of benzene rings is 2. The van der Waals surface area contributed by atoms with Gasteiger partial charge in [-0.2, -0.15) is 0 Å². The summed E-state index contributed by atoms with van der Waals surface area (Å²) in [5.74, 6) is -0.558. The van der Waals surface area contributed by atoms with Crippen molar-refractivity contribution in [3.63, 3.8) is 0 Å². The molecule has 0 aliphatic heterocycles. The number of ether oxygens (including phenoxy) is 1. The molecule has 2 aromatic rings. The van der Waals surface area contributed by atoms with Crippen molar-refractivity contribution in [2.45, 2.75) is 32.9 Å². The largest absolute Gasteiger partial charge is 0.444 e. The van der Waals surface area contributed by atoms with Gasteiger partial charge in [0.1, 0.15) is 12.1 Å². The van der Waals surface area contributed by atoms with Crippen LogP contribution in [0.25, 0.3) is 6.08 Å². The van der Waals surface area contributed by atoms with Crippen molar-refractivity contribution in [3.8, 4) is 0 Å². The molecule has 30 heavy (non-hydrogen) atoms. The molecule has 0 saturated carbocycles. The predicted molar refractivity (Wildman–Crippen MR) is 117 cm³/mol. The fourth-order valence-corrected chi connectivity index (χ4v) is 2.36. The van der Waals surface area contributed by atoms with Crippen molar-refractivity contribution in [1.29, 1.82) is 0 Å². The van der Waals surface area contributed by atoms with Gasteiger partial charge in [0, 0.05) is 18.3 Å². The molecule has 0 aliphatic rings. The molecule has 0 unspecified atom stereocenters. The van der Waals surface area contributed by atoms with Crippen LogP contribution in [-0.4, -0.2) is 30.1 Å². The van der Waals surface area contributed by atoms with Crippen LogP contribution in [0.4, 0.5) is 10.5 Å². The number of hydrogen-bond donors (Lipinski definition) is 3. The van der Waals surface area contributed by atoms with E-state index in [0.29, 0.717) is 12.2 Å². The smallest absolute Gasteiger partial charge is 0.408 e. The van der Waals surface area contributed by atoms with E-state index in [-0.39, 0.29) is 18.4 Å². The number of carbonyl (C=O) groups excluding carboxylic acids is 3. The van der Waals surface area contributed by atoms with Gasteiger partial charge in [-0.05, 0) is 50.1 Å². The van der Waals surface area contributed by atoms with Gasteiger partial charge in [0.25, 0.3) is 0 Å². The zero-order valence-electron chi connectivity index (χ0n) is 17.4. The van der Waals surface area contributed by atoms with E-state index in [0.717, 1.165) is 11.1 Å². The highest BCUT2D eigenvalue weighted by molar-refractivity contribution is 6.01. The maximum atomic E-state index is 12.0. The molecule has 0 atom stereocenters. The van der Waals surface area contributed by atoms with E-state index in [1.807, 2.05) is 30.3 Å². The van der Waals surface area contributed by atoms with Crippen molar-refractivity contribution >= 4 is 29.7 Å². The lowest BCUT2D eigenvalue weighted by Gasteiger charge is -2.19. The van der Waals surface area contributed by atoms with E-state index in [1.54, 1.807) is 51.1 Å². The molecule has 2 rings (SSSR count). The Hall–Kier alpha value is -3.61. The Morgan fingerprint density at radius 3 is 2.23 bits per heavy atom. The van der Waals surface area contributed by atoms with Gasteiger partial charge in [0.15, 0.2) is 0 Å². The number of anilines is 1. The number of rotatable bonds is 7. The summed E-state index contributed by atoms with van der Waals surface area (Å²) in [4.78, 5) is 35.4. The second kappa shape index (κ2) is 10.8. The highest BCUT2D eigenvalue weighted by Gasteiger charge is 2.16. The van der Waals surface area contributed by atoms with Crippen LogP contribution in [0.5, 0.6) is 0 Å². The Bertz CT molecular complexity index is 885. The topological polar surface area (TPSA) is 96.5 Å². The molecule has 7 nitrogen and oxygen atoms in total. The van der Waals surface area contributed by atoms with Crippen LogP contribution in [-0.2, 0) is 20.9 Å². The van der Waals surface area contributed by atoms with E-state index >= 15 is 0 Å². The first-order chi connectivity index (χ1) is 14.2. The molecule has 0 aliphatic carbocycles. The summed E-state index contributed by atoms with van der Waals surface area (Å²) >= 11 is 0. The van der Waals surface area contributed by atoms with Crippen molar-refractivity contribution < 1.29 is 19.1 Å². The van der Waals surface area contributed by atoms with E-state index in [4.69, 9.17) is 4.74 Å². The number of amides is 3. The second-order valence-electron chi connectivity index (χ2n) is 7.56. The lowest BCUT2D eigenvalue weighted by Crippen LogP contribution is -2.39. The molecule has 0 bridgehead atoms. The number of alkyl carbamates (subject to hydrolysis) is 1. The second-order valence-corrected chi connectivity index (χ2v) is 7.56. The zero-order valence-corrected chi connectivity index (χ0v) is 17.4. The molecule has 3 amide bonds. The Balaban J connectivity index is 1.73. The van der Waals surface area contributed by atoms with Crippen LogP contribution in [0.2, 0.25) is 0 Å². The van der Waals surface area contributed by atoms with Gasteiger partial charge in [-0.15, -0.1) is 0 Å². The molecule has 158 valence electrons. The molecular weight excluding hydrogens is 382 g/mol. The van der Waals surface area contributed by atoms with Crippen LogP contribution in [0.3, 0.4) is 0 Å². The summed E-state index contributed by atoms with van der Waals surface area (Å²) in [6.07, 6.45) is 2.57. The van der Waals surface area contributed by atoms with E-state index in [1.165, 1.54) is 6.08 Å². The highest BCUT2D eigenvalue weighted by atomic mass is 16.6. The first-order valence-electron chi connectivity index (χ1n) is 9.58. The minimum Gasteiger partial charge on any atom is -0.444 e. The molecule has 0 aromatic heterocycles. The molecule has 2 aromatic carbocycles. The summed E-state index contributed by atoms with van der Waals surface area (Å²) in [7, 11) is 0. The van der Waals surface area contributed by atoms with Crippen LogP contribution >= 0.6 is 0 Å². The van der Waals surface area contributed by atoms with Gasteiger partial charge in [-0.3, -0.25) is 9.59 Å². The molecule has 0 spiro atoms. The molecule has 7 heteroatoms. The van der Waals surface area contributed by atoms with Crippen LogP contribution < -0.4 is 16.0 Å². The van der Waals surface area contributed by atoms with Crippen LogP contribution in [0.15, 0.2) is 60.7 Å². The van der Waals surface area contributed by atoms with Gasteiger partial charge in [-0.1, -0.05) is 42.5 Å². The molecule has 3 N–H and O–H groups in total. The molecule has 0 heterocycles. The van der Waals surface area contributed by atoms with E-state index in [9.17, 15) is 14.4 Å². The van der Waals surface area contributed by atoms with Crippen LogP contribution in [0, 0.1) is 0 Å². The SMILES string of the molecule is CC(C)(C)OC(=O)NCC(=O)NCc1ccc(NC(=O)/C=C/c2ccccc2)cc1. The summed E-state index contributed by atoms with van der Waals surface area (Å²) < 4.78 is 5.07. The Morgan fingerprint density at radius 1 is 0.933 bits per heavy atom. The number of nitrogens with one attached hydrogen (secondary N) is 3. The molecular formula is C23H27N3O4. The van der Waals surface area contributed by atoms with Crippen molar-refractivity contribution in [2.24, 2.45) is 0 Å². The third-order valence-corrected chi connectivity index (χ3v) is 3.73. The third-order valence-electron chi connectivity index (χ3n) is 3.73. The normalized spacial score (nSPS) is 11.0. The lowest BCUT2D eigenvalue weighted by molar-refractivity contribution is -0.120. The third kappa shape index (κ3) is 9.05. The summed E-state index contributed by atoms with van der Waals surface area (Å²) in [6, 6.07) is 16.7. The van der Waals surface area contributed by atoms with Gasteiger partial charge in [0.05, 0.1) is 0 Å². The first-order valence-corrected chi connectivity index (χ1v) is 9.58. The van der Waals surface area contributed by atoms with E-state index < -0.39 is 11.7 Å². The summed E-state index contributed by atoms with van der Waals surface area (Å²) in [5, 5.41) is 7.89. The van der Waals surface area contributed by atoms with Crippen molar-refractivity contribution in [1.82, 2.24) is 10.6 Å². The van der Waals surface area contributed by atoms with Gasteiger partial charge in [-0.25, -0.2) is 4.79 Å². The Kier molecular flexibility index (Phi) is 8.17. The minimum absolute atomic E-state index is 0.170. The Morgan fingerprint density at radius 2 is 1.60 bits per heavy atom. The maximum absolute atomic E-state index is 12.0. The van der Waals surface area contributed by atoms with E-state index in [2.05, 4.69) is 16.0 Å². The average molecular weight is 409 g/mol. The summed E-state index contributed by atoms with van der Waals surface area (Å²) in [5.41, 5.74) is 1.84. The molecule has 0 saturated heterocycles. The van der Waals surface area contributed by atoms with Crippen LogP contribution in [0.1, 0.15) is 31.9 Å². The molecule has 0 radical (unpaired) electrons. The zero-order chi connectivity index (χ0) is 22.0. The highest BCUT2D eigenvalue weighted by Crippen LogP contribution is 2.10. The van der Waals surface area contributed by atoms with Gasteiger partial charge in [0.2, 0.25) is 11.8 Å². The number of hydrogen-bond acceptors (Lipinski definition) is 4. The van der Waals surface area contributed by atoms with Crippen molar-refractivity contribution in [3.05, 3.63) is 71.8 Å². The fourth-order valence-electron chi connectivity index (χ4n) is 2.36. The predicted octanol–water partition coefficient (Wildman–Crippen LogP) is 3.48. The first kappa shape index (κ1) is 22.7. The standard InChI is InChI=1S/C23H27N3O4/c1-23(2,3)30-22(29)25-16-21(28)24-15-18-9-12-19(13-10-18)26-20(27)14-11-17-7-5-4-6-8-17/h4-14H,15-16H2,1-3H3,(H,24,28)(H,25,29)(H,26,27)/b14-11+. The quantitative estimate of drug-likeness (QED) is 0.610. The maximum Gasteiger partial charge on any atom is 0.408 e. The minimum atomic E-state index is -0.640. The fraction of sp³-hybridized carbons (Fsp3) is 0.261. The van der Waals surface area contributed by atoms with Gasteiger partial charge < -0.3 is 20.7 Å². The van der Waals surface area contributed by atoms with Crippen molar-refractivity contribution in [2.75, 3.05) is 11.9 Å². The lowest BCUT2D eigenvalue weighted by atomic mass is 10.2. The number of carbonyl (C=O) groups is 3.